The van der Waals surface area contributed by atoms with Crippen molar-refractivity contribution in [2.24, 2.45) is 0 Å². The molecule has 0 aromatic heterocycles. The zero-order valence-electron chi connectivity index (χ0n) is 53.1. The van der Waals surface area contributed by atoms with Gasteiger partial charge >= 0.3 is 17.9 Å². The van der Waals surface area contributed by atoms with Gasteiger partial charge in [-0.15, -0.1) is 0 Å². The third-order valence-corrected chi connectivity index (χ3v) is 15.1. The van der Waals surface area contributed by atoms with Crippen LogP contribution in [0.25, 0.3) is 0 Å². The van der Waals surface area contributed by atoms with E-state index in [4.69, 9.17) is 14.2 Å². The van der Waals surface area contributed by atoms with E-state index in [1.165, 1.54) is 205 Å². The molecule has 6 nitrogen and oxygen atoms in total. The molecule has 0 amide bonds. The number of esters is 3. The molecule has 1 atom stereocenters. The van der Waals surface area contributed by atoms with E-state index >= 15 is 0 Å². The normalized spacial score (nSPS) is 12.6. The van der Waals surface area contributed by atoms with Crippen LogP contribution in [0.2, 0.25) is 0 Å². The summed E-state index contributed by atoms with van der Waals surface area (Å²) >= 11 is 0. The highest BCUT2D eigenvalue weighted by Gasteiger charge is 2.19. The SMILES string of the molecule is CC/C=C\C/C=C\C/C=C\C/C=C\C/C=C\C/C=C\CCCCCCCCCCCCCCC(=O)OCC(COC(=O)CCCCCCC/C=C\CCCC)OC(=O)CCCCCCCCCCCCCCCCCCCCCC. The van der Waals surface area contributed by atoms with Crippen molar-refractivity contribution in [2.45, 2.75) is 354 Å². The Labute approximate surface area is 496 Å². The van der Waals surface area contributed by atoms with Crippen LogP contribution in [0.3, 0.4) is 0 Å². The van der Waals surface area contributed by atoms with Gasteiger partial charge in [-0.25, -0.2) is 0 Å². The summed E-state index contributed by atoms with van der Waals surface area (Å²) in [5.74, 6) is -0.869. The molecular formula is C74H130O6. The van der Waals surface area contributed by atoms with Gasteiger partial charge in [-0.3, -0.25) is 14.4 Å². The van der Waals surface area contributed by atoms with E-state index in [1.807, 2.05) is 0 Å². The molecule has 0 N–H and O–H groups in total. The molecule has 1 unspecified atom stereocenters. The van der Waals surface area contributed by atoms with E-state index in [2.05, 4.69) is 106 Å². The number of hydrogen-bond donors (Lipinski definition) is 0. The highest BCUT2D eigenvalue weighted by Crippen LogP contribution is 2.18. The quantitative estimate of drug-likeness (QED) is 0.0261. The average Bonchev–Trinajstić information content (AvgIpc) is 3.46. The maximum absolute atomic E-state index is 12.9. The molecule has 0 saturated carbocycles. The predicted molar refractivity (Wildman–Crippen MR) is 348 cm³/mol. The largest absolute Gasteiger partial charge is 0.462 e. The Morgan fingerprint density at radius 3 is 0.812 bits per heavy atom. The summed E-state index contributed by atoms with van der Waals surface area (Å²) in [4.78, 5) is 38.3. The standard InChI is InChI=1S/C74H130O6/c1-4-7-10-13-16-19-22-24-26-28-30-32-33-34-35-36-37-38-39-40-41-42-44-45-47-49-52-55-58-61-64-67-73(76)79-70-71(69-78-72(75)66-63-60-57-54-51-21-18-15-12-9-6-3)80-74(77)68-65-62-59-56-53-50-48-46-43-31-29-27-25-23-20-17-14-11-8-5-2/h7,10,15-16,18-19,24,26,30,32,34-35,37-38,71H,4-6,8-9,11-14,17,20-23,25,27-29,31,33,36,39-70H2,1-3H3/b10-7-,18-15-,19-16-,26-24-,32-30-,35-34-,38-37-. The van der Waals surface area contributed by atoms with Crippen molar-refractivity contribution in [1.29, 1.82) is 0 Å². The van der Waals surface area contributed by atoms with Gasteiger partial charge in [-0.1, -0.05) is 324 Å². The lowest BCUT2D eigenvalue weighted by Crippen LogP contribution is -2.30. The molecule has 0 bridgehead atoms. The Hall–Kier alpha value is -3.41. The lowest BCUT2D eigenvalue weighted by atomic mass is 10.0. The van der Waals surface area contributed by atoms with Crippen molar-refractivity contribution in [2.75, 3.05) is 13.2 Å². The van der Waals surface area contributed by atoms with Crippen LogP contribution in [0.15, 0.2) is 85.1 Å². The zero-order valence-corrected chi connectivity index (χ0v) is 53.1. The van der Waals surface area contributed by atoms with E-state index in [-0.39, 0.29) is 31.1 Å². The van der Waals surface area contributed by atoms with Gasteiger partial charge in [0.1, 0.15) is 13.2 Å². The summed E-state index contributed by atoms with van der Waals surface area (Å²) in [6.07, 6.45) is 90.4. The smallest absolute Gasteiger partial charge is 0.306 e. The molecule has 0 aromatic rings. The fraction of sp³-hybridized carbons (Fsp3) is 0.770. The summed E-state index contributed by atoms with van der Waals surface area (Å²) < 4.78 is 16.9. The molecule has 0 heterocycles. The molecule has 80 heavy (non-hydrogen) atoms. The fourth-order valence-electron chi connectivity index (χ4n) is 9.96. The molecule has 0 spiro atoms. The molecule has 0 aliphatic carbocycles. The minimum atomic E-state index is -0.778. The van der Waals surface area contributed by atoms with Gasteiger partial charge in [0.15, 0.2) is 6.10 Å². The zero-order chi connectivity index (χ0) is 57.8. The minimum absolute atomic E-state index is 0.0759. The predicted octanol–water partition coefficient (Wildman–Crippen LogP) is 23.8. The molecule has 0 aliphatic heterocycles. The van der Waals surface area contributed by atoms with Crippen molar-refractivity contribution in [3.63, 3.8) is 0 Å². The van der Waals surface area contributed by atoms with Crippen LogP contribution in [0.5, 0.6) is 0 Å². The van der Waals surface area contributed by atoms with Gasteiger partial charge in [0.25, 0.3) is 0 Å². The number of rotatable bonds is 63. The maximum Gasteiger partial charge on any atom is 0.306 e. The maximum atomic E-state index is 12.9. The first-order valence-corrected chi connectivity index (χ1v) is 34.6. The van der Waals surface area contributed by atoms with Crippen molar-refractivity contribution >= 4 is 17.9 Å². The molecule has 0 radical (unpaired) electrons. The Kier molecular flexibility index (Phi) is 65.2. The second-order valence-electron chi connectivity index (χ2n) is 23.1. The molecule has 0 aliphatic rings. The van der Waals surface area contributed by atoms with Gasteiger partial charge in [-0.2, -0.15) is 0 Å². The molecule has 0 saturated heterocycles. The van der Waals surface area contributed by atoms with Crippen LogP contribution < -0.4 is 0 Å². The van der Waals surface area contributed by atoms with Gasteiger partial charge < -0.3 is 14.2 Å². The number of carbonyl (C=O) groups is 3. The van der Waals surface area contributed by atoms with Crippen LogP contribution >= 0.6 is 0 Å². The minimum Gasteiger partial charge on any atom is -0.462 e. The molecule has 462 valence electrons. The van der Waals surface area contributed by atoms with Crippen LogP contribution in [0.4, 0.5) is 0 Å². The highest BCUT2D eigenvalue weighted by atomic mass is 16.6. The molecule has 0 fully saturated rings. The molecule has 0 rings (SSSR count). The van der Waals surface area contributed by atoms with Crippen LogP contribution in [-0.2, 0) is 28.6 Å². The number of hydrogen-bond acceptors (Lipinski definition) is 6. The Balaban J connectivity index is 4.19. The molecule has 6 heteroatoms. The topological polar surface area (TPSA) is 78.9 Å². The van der Waals surface area contributed by atoms with Crippen LogP contribution in [0, 0.1) is 0 Å². The first kappa shape index (κ1) is 76.6. The van der Waals surface area contributed by atoms with E-state index in [0.717, 1.165) is 103 Å². The summed E-state index contributed by atoms with van der Waals surface area (Å²) in [6.45, 7) is 6.53. The second-order valence-corrected chi connectivity index (χ2v) is 23.1. The Morgan fingerprint density at radius 2 is 0.500 bits per heavy atom. The number of allylic oxidation sites excluding steroid dienone is 14. The lowest BCUT2D eigenvalue weighted by Gasteiger charge is -2.18. The van der Waals surface area contributed by atoms with Crippen molar-refractivity contribution < 1.29 is 28.6 Å². The first-order valence-electron chi connectivity index (χ1n) is 34.6. The van der Waals surface area contributed by atoms with E-state index in [9.17, 15) is 14.4 Å². The van der Waals surface area contributed by atoms with Crippen molar-refractivity contribution in [1.82, 2.24) is 0 Å². The third kappa shape index (κ3) is 65.4. The van der Waals surface area contributed by atoms with E-state index in [0.29, 0.717) is 19.3 Å². The molecule has 0 aromatic carbocycles. The fourth-order valence-corrected chi connectivity index (χ4v) is 9.96. The second kappa shape index (κ2) is 68.1. The van der Waals surface area contributed by atoms with E-state index < -0.39 is 6.10 Å². The van der Waals surface area contributed by atoms with Crippen molar-refractivity contribution in [3.8, 4) is 0 Å². The van der Waals surface area contributed by atoms with Gasteiger partial charge in [-0.05, 0) is 89.9 Å². The summed E-state index contributed by atoms with van der Waals surface area (Å²) in [6, 6.07) is 0. The Morgan fingerprint density at radius 1 is 0.263 bits per heavy atom. The number of unbranched alkanes of at least 4 members (excludes halogenated alkanes) is 38. The monoisotopic (exact) mass is 1110 g/mol. The summed E-state index contributed by atoms with van der Waals surface area (Å²) in [7, 11) is 0. The van der Waals surface area contributed by atoms with Crippen LogP contribution in [-0.4, -0.2) is 37.2 Å². The summed E-state index contributed by atoms with van der Waals surface area (Å²) in [5, 5.41) is 0. The van der Waals surface area contributed by atoms with Gasteiger partial charge in [0.2, 0.25) is 0 Å². The van der Waals surface area contributed by atoms with Crippen molar-refractivity contribution in [3.05, 3.63) is 85.1 Å². The van der Waals surface area contributed by atoms with Gasteiger partial charge in [0, 0.05) is 19.3 Å². The third-order valence-electron chi connectivity index (χ3n) is 15.1. The van der Waals surface area contributed by atoms with Crippen LogP contribution in [0.1, 0.15) is 348 Å². The average molecular weight is 1120 g/mol. The Bertz CT molecular complexity index is 1520. The molecular weight excluding hydrogens is 985 g/mol. The highest BCUT2D eigenvalue weighted by molar-refractivity contribution is 5.71. The van der Waals surface area contributed by atoms with E-state index in [1.54, 1.807) is 0 Å². The number of ether oxygens (including phenoxy) is 3. The number of carbonyl (C=O) groups excluding carboxylic acids is 3. The summed E-state index contributed by atoms with van der Waals surface area (Å²) in [5.41, 5.74) is 0. The lowest BCUT2D eigenvalue weighted by molar-refractivity contribution is -0.167. The first-order chi connectivity index (χ1) is 39.5. The van der Waals surface area contributed by atoms with Gasteiger partial charge in [0.05, 0.1) is 0 Å².